The fourth-order valence-electron chi connectivity index (χ4n) is 2.57. The summed E-state index contributed by atoms with van der Waals surface area (Å²) in [5.74, 6) is -0.289. The maximum Gasteiger partial charge on any atom is 0.298 e. The molecule has 0 spiro atoms. The summed E-state index contributed by atoms with van der Waals surface area (Å²) < 4.78 is 4.49. The first kappa shape index (κ1) is 15.0. The van der Waals surface area contributed by atoms with Crippen molar-refractivity contribution in [1.29, 1.82) is 0 Å². The third-order valence-electron chi connectivity index (χ3n) is 3.58. The Hall–Kier alpha value is -1.92. The number of carbonyl (C=O) groups excluding carboxylic acids is 1. The van der Waals surface area contributed by atoms with Crippen LogP contribution in [0.2, 0.25) is 5.02 Å². The second kappa shape index (κ2) is 5.37. The van der Waals surface area contributed by atoms with Gasteiger partial charge < -0.3 is 4.57 Å². The molecule has 0 N–H and O–H groups in total. The number of rotatable bonds is 1. The van der Waals surface area contributed by atoms with Crippen LogP contribution in [0.1, 0.15) is 21.6 Å². The van der Waals surface area contributed by atoms with Crippen LogP contribution in [-0.4, -0.2) is 20.3 Å². The minimum Gasteiger partial charge on any atom is -0.319 e. The third kappa shape index (κ3) is 2.38. The molecule has 1 amide bonds. The van der Waals surface area contributed by atoms with E-state index in [0.717, 1.165) is 21.3 Å². The van der Waals surface area contributed by atoms with E-state index in [0.29, 0.717) is 15.5 Å². The third-order valence-corrected chi connectivity index (χ3v) is 4.87. The molecule has 0 bridgehead atoms. The summed E-state index contributed by atoms with van der Waals surface area (Å²) in [5, 5.41) is 4.77. The first-order valence-corrected chi connectivity index (χ1v) is 7.91. The maximum absolute atomic E-state index is 12.4. The second-order valence-electron chi connectivity index (χ2n) is 5.23. The van der Waals surface area contributed by atoms with Crippen molar-refractivity contribution in [3.05, 3.63) is 45.0 Å². The monoisotopic (exact) mass is 334 g/mol. The van der Waals surface area contributed by atoms with Gasteiger partial charge in [-0.05, 0) is 31.5 Å². The van der Waals surface area contributed by atoms with Crippen LogP contribution >= 0.6 is 22.9 Å². The molecule has 0 radical (unpaired) electrons. The molecular weight excluding hydrogens is 320 g/mol. The van der Waals surface area contributed by atoms with Gasteiger partial charge in [0.05, 0.1) is 16.4 Å². The zero-order valence-electron chi connectivity index (χ0n) is 12.7. The molecule has 0 unspecified atom stereocenters. The normalized spacial score (nSPS) is 12.3. The van der Waals surface area contributed by atoms with E-state index in [9.17, 15) is 4.79 Å². The number of halogens is 1. The summed E-state index contributed by atoms with van der Waals surface area (Å²) in [7, 11) is 3.65. The number of aryl methyl sites for hydroxylation is 4. The highest BCUT2D eigenvalue weighted by molar-refractivity contribution is 7.16. The van der Waals surface area contributed by atoms with E-state index in [1.165, 1.54) is 11.3 Å². The predicted octanol–water partition coefficient (Wildman–Crippen LogP) is 2.98. The van der Waals surface area contributed by atoms with Gasteiger partial charge in [0.2, 0.25) is 0 Å². The van der Waals surface area contributed by atoms with Crippen LogP contribution in [0.5, 0.6) is 0 Å². The van der Waals surface area contributed by atoms with Gasteiger partial charge >= 0.3 is 0 Å². The Morgan fingerprint density at radius 3 is 2.64 bits per heavy atom. The number of benzene rings is 1. The minimum atomic E-state index is -0.289. The van der Waals surface area contributed by atoms with Crippen LogP contribution in [-0.2, 0) is 14.1 Å². The van der Waals surface area contributed by atoms with Crippen LogP contribution in [0.4, 0.5) is 0 Å². The summed E-state index contributed by atoms with van der Waals surface area (Å²) in [6, 6.07) is 3.81. The maximum atomic E-state index is 12.4. The van der Waals surface area contributed by atoms with Gasteiger partial charge in [-0.25, -0.2) is 0 Å². The van der Waals surface area contributed by atoms with Crippen molar-refractivity contribution in [3.63, 3.8) is 0 Å². The number of amides is 1. The highest BCUT2D eigenvalue weighted by Crippen LogP contribution is 2.25. The van der Waals surface area contributed by atoms with E-state index in [2.05, 4.69) is 10.1 Å². The number of carbonyl (C=O) groups is 1. The first-order valence-electron chi connectivity index (χ1n) is 6.72. The van der Waals surface area contributed by atoms with E-state index in [-0.39, 0.29) is 5.91 Å². The average Bonchev–Trinajstić information content (AvgIpc) is 2.90. The van der Waals surface area contributed by atoms with E-state index in [4.69, 9.17) is 11.6 Å². The van der Waals surface area contributed by atoms with Crippen molar-refractivity contribution in [2.24, 2.45) is 19.1 Å². The van der Waals surface area contributed by atoms with Crippen molar-refractivity contribution in [1.82, 2.24) is 14.3 Å². The summed E-state index contributed by atoms with van der Waals surface area (Å²) in [6.45, 7) is 3.85. The van der Waals surface area contributed by atoms with E-state index >= 15 is 0 Å². The Bertz CT molecular complexity index is 944. The van der Waals surface area contributed by atoms with Crippen molar-refractivity contribution in [2.45, 2.75) is 13.8 Å². The lowest BCUT2D eigenvalue weighted by atomic mass is 10.2. The quantitative estimate of drug-likeness (QED) is 0.687. The Kier molecular flexibility index (Phi) is 3.66. The predicted molar refractivity (Wildman–Crippen MR) is 88.4 cm³/mol. The van der Waals surface area contributed by atoms with Crippen LogP contribution in [0.3, 0.4) is 0 Å². The van der Waals surface area contributed by atoms with E-state index in [1.807, 2.05) is 37.6 Å². The smallest absolute Gasteiger partial charge is 0.298 e. The Labute approximate surface area is 136 Å². The fraction of sp³-hybridized carbons (Fsp3) is 0.267. The molecule has 0 aliphatic rings. The first-order chi connectivity index (χ1) is 10.4. The number of hydrogen-bond acceptors (Lipinski definition) is 3. The van der Waals surface area contributed by atoms with Gasteiger partial charge in [-0.1, -0.05) is 22.9 Å². The molecule has 5 nitrogen and oxygen atoms in total. The van der Waals surface area contributed by atoms with Gasteiger partial charge in [-0.3, -0.25) is 9.48 Å². The lowest BCUT2D eigenvalue weighted by molar-refractivity contribution is 0.0988. The molecule has 0 saturated carbocycles. The highest BCUT2D eigenvalue weighted by atomic mass is 35.5. The van der Waals surface area contributed by atoms with Gasteiger partial charge in [-0.2, -0.15) is 10.1 Å². The van der Waals surface area contributed by atoms with Gasteiger partial charge in [-0.15, -0.1) is 0 Å². The van der Waals surface area contributed by atoms with Gasteiger partial charge in [0.25, 0.3) is 5.91 Å². The lowest BCUT2D eigenvalue weighted by Crippen LogP contribution is -2.15. The summed E-state index contributed by atoms with van der Waals surface area (Å²) >= 11 is 7.55. The summed E-state index contributed by atoms with van der Waals surface area (Å²) in [4.78, 5) is 17.4. The molecule has 2 aromatic heterocycles. The Morgan fingerprint density at radius 1 is 1.27 bits per heavy atom. The van der Waals surface area contributed by atoms with E-state index < -0.39 is 0 Å². The number of nitrogens with zero attached hydrogens (tertiary/aromatic N) is 4. The largest absolute Gasteiger partial charge is 0.319 e. The van der Waals surface area contributed by atoms with Crippen molar-refractivity contribution < 1.29 is 4.79 Å². The summed E-state index contributed by atoms with van der Waals surface area (Å²) in [6.07, 6.45) is 1.66. The molecule has 1 aromatic carbocycles. The molecular formula is C15H15ClN4OS. The SMILES string of the molecule is Cc1cnn(C)c1C(=O)N=c1sc2cc(Cl)cc(C)c2n1C. The highest BCUT2D eigenvalue weighted by Gasteiger charge is 2.14. The molecule has 0 fully saturated rings. The number of thiazole rings is 1. The zero-order valence-corrected chi connectivity index (χ0v) is 14.3. The molecule has 0 aliphatic carbocycles. The van der Waals surface area contributed by atoms with Crippen LogP contribution in [0.25, 0.3) is 10.2 Å². The van der Waals surface area contributed by atoms with Gasteiger partial charge in [0, 0.05) is 24.7 Å². The van der Waals surface area contributed by atoms with Crippen molar-refractivity contribution in [3.8, 4) is 0 Å². The lowest BCUT2D eigenvalue weighted by Gasteiger charge is -2.01. The van der Waals surface area contributed by atoms with Crippen LogP contribution < -0.4 is 4.80 Å². The van der Waals surface area contributed by atoms with Gasteiger partial charge in [0.15, 0.2) is 4.80 Å². The molecule has 7 heteroatoms. The second-order valence-corrected chi connectivity index (χ2v) is 6.68. The Morgan fingerprint density at radius 2 is 2.00 bits per heavy atom. The van der Waals surface area contributed by atoms with Crippen LogP contribution in [0, 0.1) is 13.8 Å². The Balaban J connectivity index is 2.20. The molecule has 2 heterocycles. The molecule has 3 aromatic rings. The zero-order chi connectivity index (χ0) is 16.0. The molecule has 22 heavy (non-hydrogen) atoms. The number of aromatic nitrogens is 3. The number of hydrogen-bond donors (Lipinski definition) is 0. The topological polar surface area (TPSA) is 52.2 Å². The average molecular weight is 335 g/mol. The van der Waals surface area contributed by atoms with Crippen molar-refractivity contribution >= 4 is 39.1 Å². The fourth-order valence-corrected chi connectivity index (χ4v) is 4.04. The van der Waals surface area contributed by atoms with Gasteiger partial charge in [0.1, 0.15) is 5.69 Å². The standard InChI is InChI=1S/C15H15ClN4OS/c1-8-5-10(16)6-11-12(8)19(3)15(22-11)18-14(21)13-9(2)7-17-20(13)4/h5-7H,1-4H3. The summed E-state index contributed by atoms with van der Waals surface area (Å²) in [5.41, 5.74) is 3.43. The molecule has 114 valence electrons. The van der Waals surface area contributed by atoms with Crippen LogP contribution in [0.15, 0.2) is 23.3 Å². The molecule has 0 aliphatic heterocycles. The minimum absolute atomic E-state index is 0.289. The molecule has 0 saturated heterocycles. The number of fused-ring (bicyclic) bond motifs is 1. The van der Waals surface area contributed by atoms with E-state index in [1.54, 1.807) is 17.9 Å². The molecule has 0 atom stereocenters. The van der Waals surface area contributed by atoms with Crippen molar-refractivity contribution in [2.75, 3.05) is 0 Å². The molecule has 3 rings (SSSR count).